The van der Waals surface area contributed by atoms with Crippen molar-refractivity contribution in [1.29, 1.82) is 5.41 Å². The molecule has 0 bridgehead atoms. The molecule has 7 heteroatoms. The number of aliphatic hydroxyl groups is 1. The summed E-state index contributed by atoms with van der Waals surface area (Å²) in [7, 11) is 1.63. The maximum absolute atomic E-state index is 10.5. The number of aromatic nitrogens is 1. The van der Waals surface area contributed by atoms with Gasteiger partial charge < -0.3 is 14.7 Å². The molecule has 0 amide bonds. The average Bonchev–Trinajstić information content (AvgIpc) is 3.27. The fourth-order valence-electron chi connectivity index (χ4n) is 2.96. The summed E-state index contributed by atoms with van der Waals surface area (Å²) in [4.78, 5) is 6.42. The van der Waals surface area contributed by atoms with Gasteiger partial charge in [0.25, 0.3) is 0 Å². The molecule has 0 saturated heterocycles. The van der Waals surface area contributed by atoms with Crippen LogP contribution in [0.15, 0.2) is 64.1 Å². The zero-order valence-corrected chi connectivity index (χ0v) is 16.8. The third-order valence-electron chi connectivity index (χ3n) is 4.35. The van der Waals surface area contributed by atoms with Gasteiger partial charge in [0, 0.05) is 15.4 Å². The van der Waals surface area contributed by atoms with Crippen molar-refractivity contribution in [1.82, 2.24) is 4.98 Å². The van der Waals surface area contributed by atoms with Crippen molar-refractivity contribution in [2.45, 2.75) is 0 Å². The molecule has 0 saturated carbocycles. The van der Waals surface area contributed by atoms with Crippen molar-refractivity contribution in [3.05, 3.63) is 69.2 Å². The molecule has 0 spiro atoms. The number of amidine groups is 1. The third-order valence-corrected chi connectivity index (χ3v) is 5.88. The van der Waals surface area contributed by atoms with Gasteiger partial charge in [-0.1, -0.05) is 12.1 Å². The van der Waals surface area contributed by atoms with Crippen LogP contribution in [0.25, 0.3) is 16.8 Å². The number of rotatable bonds is 4. The number of hydrogen-bond acceptors (Lipinski definition) is 5. The Morgan fingerprint density at radius 2 is 1.93 bits per heavy atom. The van der Waals surface area contributed by atoms with Crippen molar-refractivity contribution in [3.8, 4) is 17.0 Å². The van der Waals surface area contributed by atoms with E-state index >= 15 is 0 Å². The van der Waals surface area contributed by atoms with E-state index in [0.29, 0.717) is 10.6 Å². The van der Waals surface area contributed by atoms with E-state index in [9.17, 15) is 5.11 Å². The van der Waals surface area contributed by atoms with Crippen LogP contribution >= 0.6 is 27.3 Å². The lowest BCUT2D eigenvalue weighted by Gasteiger charge is -2.19. The fourth-order valence-corrected chi connectivity index (χ4v) is 4.36. The summed E-state index contributed by atoms with van der Waals surface area (Å²) in [5.41, 5.74) is 3.10. The van der Waals surface area contributed by atoms with E-state index in [1.165, 1.54) is 11.3 Å². The number of benzene rings is 2. The minimum Gasteiger partial charge on any atom is -0.510 e. The van der Waals surface area contributed by atoms with E-state index in [2.05, 4.69) is 20.9 Å². The number of nitrogens with zero attached hydrogens (tertiary/aromatic N) is 2. The predicted molar refractivity (Wildman–Crippen MR) is 113 cm³/mol. The van der Waals surface area contributed by atoms with E-state index in [1.54, 1.807) is 12.0 Å². The molecule has 0 atom stereocenters. The molecule has 0 unspecified atom stereocenters. The Morgan fingerprint density at radius 3 is 2.63 bits per heavy atom. The number of aliphatic hydroxyl groups excluding tert-OH is 1. The van der Waals surface area contributed by atoms with E-state index in [0.717, 1.165) is 27.2 Å². The normalized spacial score (nSPS) is 14.1. The summed E-state index contributed by atoms with van der Waals surface area (Å²) in [5.74, 6) is 1.19. The van der Waals surface area contributed by atoms with Crippen LogP contribution in [0.1, 0.15) is 5.01 Å². The Labute approximate surface area is 169 Å². The largest absolute Gasteiger partial charge is 0.510 e. The highest BCUT2D eigenvalue weighted by Gasteiger charge is 2.32. The first-order valence-corrected chi connectivity index (χ1v) is 9.89. The summed E-state index contributed by atoms with van der Waals surface area (Å²) in [6.45, 7) is 0.258. The SMILES string of the molecule is COc1ccc(-c2csc(C3=C(O)CN(c4ccccc4Br)C3=N)n2)cc1. The molecular weight excluding hydrogens is 426 g/mol. The number of thiazole rings is 1. The summed E-state index contributed by atoms with van der Waals surface area (Å²) in [6.07, 6.45) is 0. The van der Waals surface area contributed by atoms with Crippen molar-refractivity contribution in [2.75, 3.05) is 18.6 Å². The molecule has 2 aromatic carbocycles. The van der Waals surface area contributed by atoms with Gasteiger partial charge in [0.2, 0.25) is 0 Å². The molecular formula is C20H16BrN3O2S. The van der Waals surface area contributed by atoms with Gasteiger partial charge in [-0.2, -0.15) is 0 Å². The second-order valence-corrected chi connectivity index (χ2v) is 7.69. The smallest absolute Gasteiger partial charge is 0.139 e. The van der Waals surface area contributed by atoms with Crippen molar-refractivity contribution in [3.63, 3.8) is 0 Å². The molecule has 1 aliphatic heterocycles. The highest BCUT2D eigenvalue weighted by atomic mass is 79.9. The molecule has 2 heterocycles. The van der Waals surface area contributed by atoms with E-state index in [-0.39, 0.29) is 18.1 Å². The molecule has 0 fully saturated rings. The number of nitrogens with one attached hydrogen (secondary N) is 1. The van der Waals surface area contributed by atoms with Gasteiger partial charge in [-0.3, -0.25) is 5.41 Å². The molecule has 1 aliphatic rings. The lowest BCUT2D eigenvalue weighted by Crippen LogP contribution is -2.26. The molecule has 2 N–H and O–H groups in total. The van der Waals surface area contributed by atoms with Gasteiger partial charge in [0.15, 0.2) is 0 Å². The quantitative estimate of drug-likeness (QED) is 0.572. The van der Waals surface area contributed by atoms with Crippen LogP contribution in [0, 0.1) is 5.41 Å². The average molecular weight is 442 g/mol. The summed E-state index contributed by atoms with van der Waals surface area (Å²) >= 11 is 4.94. The van der Waals surface area contributed by atoms with Crippen LogP contribution in [-0.4, -0.2) is 29.6 Å². The van der Waals surface area contributed by atoms with Crippen molar-refractivity contribution < 1.29 is 9.84 Å². The number of hydrogen-bond donors (Lipinski definition) is 2. The first-order valence-electron chi connectivity index (χ1n) is 8.22. The molecule has 3 aromatic rings. The highest BCUT2D eigenvalue weighted by molar-refractivity contribution is 9.10. The Hall–Kier alpha value is -2.64. The van der Waals surface area contributed by atoms with Crippen LogP contribution in [0.2, 0.25) is 0 Å². The van der Waals surface area contributed by atoms with Crippen LogP contribution in [0.4, 0.5) is 5.69 Å². The lowest BCUT2D eigenvalue weighted by molar-refractivity contribution is 0.411. The molecule has 0 radical (unpaired) electrons. The standard InChI is InChI=1S/C20H16BrN3O2S/c1-26-13-8-6-12(7-9-13)15-11-27-20(23-15)18-17(25)10-24(19(18)22)16-5-3-2-4-14(16)21/h2-9,11,22,25H,10H2,1H3. The van der Waals surface area contributed by atoms with E-state index < -0.39 is 0 Å². The second kappa shape index (κ2) is 7.17. The first kappa shape index (κ1) is 17.8. The van der Waals surface area contributed by atoms with Crippen LogP contribution in [0.5, 0.6) is 5.75 Å². The van der Waals surface area contributed by atoms with Gasteiger partial charge in [0.1, 0.15) is 22.4 Å². The third kappa shape index (κ3) is 3.24. The van der Waals surface area contributed by atoms with E-state index in [4.69, 9.17) is 10.1 Å². The minimum atomic E-state index is 0.159. The van der Waals surface area contributed by atoms with Crippen LogP contribution < -0.4 is 9.64 Å². The van der Waals surface area contributed by atoms with Gasteiger partial charge >= 0.3 is 0 Å². The zero-order valence-electron chi connectivity index (χ0n) is 14.4. The predicted octanol–water partition coefficient (Wildman–Crippen LogP) is 5.35. The summed E-state index contributed by atoms with van der Waals surface area (Å²) in [5, 5.41) is 21.7. The second-order valence-electron chi connectivity index (χ2n) is 5.97. The number of methoxy groups -OCH3 is 1. The minimum absolute atomic E-state index is 0.159. The van der Waals surface area contributed by atoms with Gasteiger partial charge in [0.05, 0.1) is 30.6 Å². The highest BCUT2D eigenvalue weighted by Crippen LogP contribution is 2.36. The number of para-hydroxylation sites is 1. The monoisotopic (exact) mass is 441 g/mol. The molecule has 1 aromatic heterocycles. The molecule has 0 aliphatic carbocycles. The van der Waals surface area contributed by atoms with Crippen molar-refractivity contribution >= 4 is 44.4 Å². The summed E-state index contributed by atoms with van der Waals surface area (Å²) in [6, 6.07) is 15.3. The maximum atomic E-state index is 10.5. The number of halogens is 1. The topological polar surface area (TPSA) is 69.4 Å². The van der Waals surface area contributed by atoms with Crippen LogP contribution in [-0.2, 0) is 0 Å². The molecule has 5 nitrogen and oxygen atoms in total. The molecule has 27 heavy (non-hydrogen) atoms. The first-order chi connectivity index (χ1) is 13.1. The Bertz CT molecular complexity index is 1040. The van der Waals surface area contributed by atoms with Gasteiger partial charge in [-0.05, 0) is 52.3 Å². The maximum Gasteiger partial charge on any atom is 0.139 e. The van der Waals surface area contributed by atoms with E-state index in [1.807, 2.05) is 53.9 Å². The lowest BCUT2D eigenvalue weighted by atomic mass is 10.1. The fraction of sp³-hybridized carbons (Fsp3) is 0.100. The number of ether oxygens (including phenoxy) is 1. The molecule has 136 valence electrons. The van der Waals surface area contributed by atoms with Crippen molar-refractivity contribution in [2.24, 2.45) is 0 Å². The summed E-state index contributed by atoms with van der Waals surface area (Å²) < 4.78 is 6.06. The Morgan fingerprint density at radius 1 is 1.19 bits per heavy atom. The van der Waals surface area contributed by atoms with Gasteiger partial charge in [-0.15, -0.1) is 11.3 Å². The van der Waals surface area contributed by atoms with Crippen LogP contribution in [0.3, 0.4) is 0 Å². The Balaban J connectivity index is 1.64. The zero-order chi connectivity index (χ0) is 19.0. The number of anilines is 1. The molecule has 4 rings (SSSR count). The Kier molecular flexibility index (Phi) is 4.72. The van der Waals surface area contributed by atoms with Gasteiger partial charge in [-0.25, -0.2) is 4.98 Å².